The van der Waals surface area contributed by atoms with Gasteiger partial charge >= 0.3 is 0 Å². The summed E-state index contributed by atoms with van der Waals surface area (Å²) >= 11 is 6.20. The predicted molar refractivity (Wildman–Crippen MR) is 139 cm³/mol. The summed E-state index contributed by atoms with van der Waals surface area (Å²) < 4.78 is 23.1. The van der Waals surface area contributed by atoms with Crippen LogP contribution in [0.25, 0.3) is 16.6 Å². The molecule has 190 valence electrons. The van der Waals surface area contributed by atoms with Crippen LogP contribution in [0.1, 0.15) is 36.0 Å². The van der Waals surface area contributed by atoms with Crippen LogP contribution in [0.4, 0.5) is 10.1 Å². The third-order valence-electron chi connectivity index (χ3n) is 6.95. The minimum atomic E-state index is -0.648. The van der Waals surface area contributed by atoms with Crippen molar-refractivity contribution in [1.29, 1.82) is 0 Å². The summed E-state index contributed by atoms with van der Waals surface area (Å²) in [6.07, 6.45) is 5.17. The Morgan fingerprint density at radius 1 is 1.31 bits per heavy atom. The summed E-state index contributed by atoms with van der Waals surface area (Å²) in [6.45, 7) is 2.37. The molecule has 10 heteroatoms. The number of ether oxygens (including phenoxy) is 1. The van der Waals surface area contributed by atoms with Crippen LogP contribution in [-0.2, 0) is 0 Å². The number of carbonyl (C=O) groups is 1. The van der Waals surface area contributed by atoms with Gasteiger partial charge in [0.15, 0.2) is 17.3 Å². The van der Waals surface area contributed by atoms with Crippen molar-refractivity contribution in [3.63, 3.8) is 0 Å². The fraction of sp³-hybridized carbons (Fsp3) is 0.385. The molecule has 1 fully saturated rings. The molecular weight excluding hydrogens is 485 g/mol. The molecule has 0 spiro atoms. The molecule has 3 aromatic rings. The summed E-state index contributed by atoms with van der Waals surface area (Å²) in [5.74, 6) is -0.570. The van der Waals surface area contributed by atoms with E-state index in [1.54, 1.807) is 22.8 Å². The summed E-state index contributed by atoms with van der Waals surface area (Å²) in [5, 5.41) is 6.42. The third kappa shape index (κ3) is 4.42. The zero-order valence-corrected chi connectivity index (χ0v) is 20.8. The zero-order chi connectivity index (χ0) is 25.4. The molecule has 3 heterocycles. The smallest absolute Gasteiger partial charge is 0.256 e. The number of likely N-dealkylation sites (tertiary alicyclic amines) is 1. The van der Waals surface area contributed by atoms with Gasteiger partial charge in [-0.05, 0) is 64.0 Å². The third-order valence-corrected chi connectivity index (χ3v) is 7.19. The highest BCUT2D eigenvalue weighted by molar-refractivity contribution is 6.30. The highest BCUT2D eigenvalue weighted by atomic mass is 35.5. The van der Waals surface area contributed by atoms with Crippen molar-refractivity contribution < 1.29 is 13.9 Å². The number of amides is 1. The Morgan fingerprint density at radius 3 is 2.89 bits per heavy atom. The summed E-state index contributed by atoms with van der Waals surface area (Å²) in [6, 6.07) is 6.64. The average Bonchev–Trinajstić information content (AvgIpc) is 3.26. The largest absolute Gasteiger partial charge is 0.451 e. The Morgan fingerprint density at radius 2 is 2.14 bits per heavy atom. The Balaban J connectivity index is 1.57. The van der Waals surface area contributed by atoms with Gasteiger partial charge in [-0.15, -0.1) is 0 Å². The lowest BCUT2D eigenvalue weighted by Gasteiger charge is -2.26. The van der Waals surface area contributed by atoms with Crippen LogP contribution in [0.5, 0.6) is 11.5 Å². The first-order valence-electron chi connectivity index (χ1n) is 12.2. The minimum Gasteiger partial charge on any atom is -0.451 e. The van der Waals surface area contributed by atoms with Gasteiger partial charge in [-0.3, -0.25) is 9.59 Å². The second-order valence-corrected chi connectivity index (χ2v) is 9.74. The number of aromatic nitrogens is 1. The quantitative estimate of drug-likeness (QED) is 0.309. The summed E-state index contributed by atoms with van der Waals surface area (Å²) in [4.78, 5) is 28.8. The molecule has 1 aromatic heterocycles. The molecule has 2 aliphatic heterocycles. The van der Waals surface area contributed by atoms with Gasteiger partial charge in [0.25, 0.3) is 5.91 Å². The maximum Gasteiger partial charge on any atom is 0.256 e. The maximum absolute atomic E-state index is 15.3. The van der Waals surface area contributed by atoms with Gasteiger partial charge < -0.3 is 30.6 Å². The fourth-order valence-electron chi connectivity index (χ4n) is 5.03. The number of benzene rings is 2. The van der Waals surface area contributed by atoms with Crippen molar-refractivity contribution in [2.45, 2.75) is 31.7 Å². The second-order valence-electron chi connectivity index (χ2n) is 9.30. The number of pyridine rings is 1. The Bertz CT molecular complexity index is 1390. The summed E-state index contributed by atoms with van der Waals surface area (Å²) in [5.41, 5.74) is 6.09. The van der Waals surface area contributed by atoms with Crippen molar-refractivity contribution in [1.82, 2.24) is 14.8 Å². The van der Waals surface area contributed by atoms with Crippen molar-refractivity contribution in [2.75, 3.05) is 38.5 Å². The van der Waals surface area contributed by atoms with E-state index < -0.39 is 17.2 Å². The highest BCUT2D eigenvalue weighted by Gasteiger charge is 2.29. The second kappa shape index (κ2) is 10.1. The molecule has 2 aliphatic rings. The fourth-order valence-corrected chi connectivity index (χ4v) is 5.19. The molecule has 0 aliphatic carbocycles. The molecule has 1 saturated heterocycles. The van der Waals surface area contributed by atoms with Crippen LogP contribution in [-0.4, -0.2) is 54.6 Å². The van der Waals surface area contributed by atoms with E-state index in [2.05, 4.69) is 22.6 Å². The Labute approximate surface area is 213 Å². The standard InChI is InChI=1S/C26H29ClFN5O3/c1-32-11-2-4-16(32)7-10-31-26(35)18-14-33-20-6-5-15(27)12-21(20)36-25-22(30-9-3-8-29)19(28)13-17(23(25)33)24(18)34/h5-6,12-14,16,30H,2-4,7-11,29H2,1H3,(H,31,35). The number of hydrogen-bond donors (Lipinski definition) is 3. The van der Waals surface area contributed by atoms with Gasteiger partial charge in [0.05, 0.1) is 11.1 Å². The molecule has 0 bridgehead atoms. The van der Waals surface area contributed by atoms with Gasteiger partial charge in [-0.2, -0.15) is 0 Å². The number of rotatable bonds is 8. The van der Waals surface area contributed by atoms with Crippen LogP contribution < -0.4 is 26.5 Å². The molecule has 0 radical (unpaired) electrons. The Kier molecular flexibility index (Phi) is 6.87. The molecule has 1 unspecified atom stereocenters. The van der Waals surface area contributed by atoms with Crippen molar-refractivity contribution in [3.05, 3.63) is 57.1 Å². The predicted octanol–water partition coefficient (Wildman–Crippen LogP) is 3.86. The van der Waals surface area contributed by atoms with E-state index in [-0.39, 0.29) is 22.4 Å². The zero-order valence-electron chi connectivity index (χ0n) is 20.1. The Hall–Kier alpha value is -3.14. The minimum absolute atomic E-state index is 0.0562. The number of nitrogens with two attached hydrogens (primary N) is 1. The van der Waals surface area contributed by atoms with E-state index in [0.717, 1.165) is 31.9 Å². The van der Waals surface area contributed by atoms with Gasteiger partial charge in [0, 0.05) is 36.4 Å². The van der Waals surface area contributed by atoms with Crippen molar-refractivity contribution in [2.24, 2.45) is 5.73 Å². The highest BCUT2D eigenvalue weighted by Crippen LogP contribution is 2.45. The lowest BCUT2D eigenvalue weighted by Crippen LogP contribution is -2.34. The van der Waals surface area contributed by atoms with E-state index in [1.165, 1.54) is 6.20 Å². The van der Waals surface area contributed by atoms with Crippen LogP contribution in [0.3, 0.4) is 0 Å². The van der Waals surface area contributed by atoms with E-state index in [4.69, 9.17) is 22.1 Å². The first kappa shape index (κ1) is 24.5. The van der Waals surface area contributed by atoms with Gasteiger partial charge in [0.1, 0.15) is 16.8 Å². The van der Waals surface area contributed by atoms with Gasteiger partial charge in [-0.1, -0.05) is 11.6 Å². The number of hydrogen-bond acceptors (Lipinski definition) is 6. The normalized spacial score (nSPS) is 16.6. The molecule has 2 aromatic carbocycles. The molecular formula is C26H29ClFN5O3. The molecule has 5 rings (SSSR count). The maximum atomic E-state index is 15.3. The van der Waals surface area contributed by atoms with Crippen molar-refractivity contribution in [3.8, 4) is 17.2 Å². The monoisotopic (exact) mass is 513 g/mol. The topological polar surface area (TPSA) is 102 Å². The summed E-state index contributed by atoms with van der Waals surface area (Å²) in [7, 11) is 2.08. The lowest BCUT2D eigenvalue weighted by molar-refractivity contribution is 0.0949. The van der Waals surface area contributed by atoms with Gasteiger partial charge in [-0.25, -0.2) is 4.39 Å². The SMILES string of the molecule is CN1CCCC1CCNC(=O)c1cn2c3c(c(NCCCN)c(F)cc3c1=O)Oc1cc(Cl)ccc1-2. The van der Waals surface area contributed by atoms with E-state index >= 15 is 4.39 Å². The molecule has 8 nitrogen and oxygen atoms in total. The number of nitrogens with one attached hydrogen (secondary N) is 2. The van der Waals surface area contributed by atoms with Crippen LogP contribution in [0.2, 0.25) is 5.02 Å². The molecule has 0 saturated carbocycles. The first-order valence-corrected chi connectivity index (χ1v) is 12.6. The molecule has 36 heavy (non-hydrogen) atoms. The van der Waals surface area contributed by atoms with Crippen LogP contribution in [0.15, 0.2) is 35.3 Å². The number of anilines is 1. The van der Waals surface area contributed by atoms with Crippen LogP contribution in [0, 0.1) is 5.82 Å². The van der Waals surface area contributed by atoms with Gasteiger partial charge in [0.2, 0.25) is 5.43 Å². The molecule has 1 amide bonds. The first-order chi connectivity index (χ1) is 17.4. The van der Waals surface area contributed by atoms with Crippen molar-refractivity contribution >= 4 is 34.1 Å². The molecule has 4 N–H and O–H groups in total. The number of fused-ring (bicyclic) bond motifs is 2. The molecule has 1 atom stereocenters. The lowest BCUT2D eigenvalue weighted by atomic mass is 10.1. The van der Waals surface area contributed by atoms with Crippen LogP contribution >= 0.6 is 11.6 Å². The number of halogens is 2. The van der Waals surface area contributed by atoms with E-state index in [1.807, 2.05) is 0 Å². The van der Waals surface area contributed by atoms with E-state index in [0.29, 0.717) is 54.1 Å². The number of carbonyl (C=O) groups excluding carboxylic acids is 1. The number of nitrogens with zero attached hydrogens (tertiary/aromatic N) is 2. The average molecular weight is 514 g/mol. The van der Waals surface area contributed by atoms with E-state index in [9.17, 15) is 9.59 Å².